The summed E-state index contributed by atoms with van der Waals surface area (Å²) >= 11 is 0. The van der Waals surface area contributed by atoms with Crippen LogP contribution in [0.15, 0.2) is 35.5 Å². The second-order valence-electron chi connectivity index (χ2n) is 5.36. The number of hydrogen-bond acceptors (Lipinski definition) is 4. The number of carbonyl (C=O) groups is 2. The normalized spacial score (nSPS) is 17.6. The summed E-state index contributed by atoms with van der Waals surface area (Å²) in [5, 5.41) is 7.82. The van der Waals surface area contributed by atoms with E-state index in [1.807, 2.05) is 0 Å². The molecule has 25 heavy (non-hydrogen) atoms. The van der Waals surface area contributed by atoms with Gasteiger partial charge in [0.15, 0.2) is 0 Å². The third-order valence-electron chi connectivity index (χ3n) is 3.52. The smallest absolute Gasteiger partial charge is 0.416 e. The first kappa shape index (κ1) is 18.6. The summed E-state index contributed by atoms with van der Waals surface area (Å²) in [5.74, 6) is -0.594. The number of anilines is 1. The van der Waals surface area contributed by atoms with E-state index < -0.39 is 29.8 Å². The third kappa shape index (κ3) is 4.65. The lowest BCUT2D eigenvalue weighted by atomic mass is 10.0. The van der Waals surface area contributed by atoms with Gasteiger partial charge in [-0.2, -0.15) is 13.2 Å². The number of esters is 1. The Bertz CT molecular complexity index is 701. The van der Waals surface area contributed by atoms with Gasteiger partial charge in [0.05, 0.1) is 36.0 Å². The van der Waals surface area contributed by atoms with Crippen molar-refractivity contribution in [3.8, 4) is 0 Å². The van der Waals surface area contributed by atoms with Crippen LogP contribution in [-0.2, 0) is 15.7 Å². The molecule has 6 nitrogen and oxygen atoms in total. The minimum atomic E-state index is -4.45. The summed E-state index contributed by atoms with van der Waals surface area (Å²) < 4.78 is 43.2. The first-order valence-electron chi connectivity index (χ1n) is 7.61. The van der Waals surface area contributed by atoms with Gasteiger partial charge in [-0.15, -0.1) is 0 Å². The predicted octanol–water partition coefficient (Wildman–Crippen LogP) is 2.64. The largest absolute Gasteiger partial charge is 0.463 e. The first-order valence-corrected chi connectivity index (χ1v) is 7.61. The highest BCUT2D eigenvalue weighted by Gasteiger charge is 2.31. The van der Waals surface area contributed by atoms with Crippen LogP contribution in [0.4, 0.5) is 23.7 Å². The maximum atomic E-state index is 12.8. The quantitative estimate of drug-likeness (QED) is 0.708. The van der Waals surface area contributed by atoms with Gasteiger partial charge in [0.2, 0.25) is 0 Å². The van der Waals surface area contributed by atoms with Crippen molar-refractivity contribution in [2.75, 3.05) is 18.5 Å². The second kappa shape index (κ2) is 7.45. The van der Waals surface area contributed by atoms with Gasteiger partial charge in [-0.25, -0.2) is 9.59 Å². The molecule has 0 aliphatic carbocycles. The van der Waals surface area contributed by atoms with Crippen LogP contribution < -0.4 is 16.0 Å². The van der Waals surface area contributed by atoms with Crippen molar-refractivity contribution in [3.63, 3.8) is 0 Å². The molecule has 0 saturated carbocycles. The van der Waals surface area contributed by atoms with E-state index >= 15 is 0 Å². The fourth-order valence-electron chi connectivity index (χ4n) is 2.41. The Morgan fingerprint density at radius 2 is 2.08 bits per heavy atom. The minimum absolute atomic E-state index is 0.0345. The highest BCUT2D eigenvalue weighted by atomic mass is 19.4. The topological polar surface area (TPSA) is 79.5 Å². The number of amides is 2. The summed E-state index contributed by atoms with van der Waals surface area (Å²) in [7, 11) is 0. The molecule has 1 aromatic carbocycles. The molecule has 0 bridgehead atoms. The van der Waals surface area contributed by atoms with Crippen LogP contribution in [0.3, 0.4) is 0 Å². The lowest BCUT2D eigenvalue weighted by Crippen LogP contribution is -2.50. The molecular formula is C16H18F3N3O3. The molecule has 1 aromatic rings. The Labute approximate surface area is 142 Å². The molecule has 0 fully saturated rings. The van der Waals surface area contributed by atoms with Crippen LogP contribution in [0.25, 0.3) is 0 Å². The van der Waals surface area contributed by atoms with Gasteiger partial charge in [-0.05, 0) is 32.0 Å². The molecule has 1 atom stereocenters. The average molecular weight is 357 g/mol. The van der Waals surface area contributed by atoms with Gasteiger partial charge in [0, 0.05) is 5.69 Å². The summed E-state index contributed by atoms with van der Waals surface area (Å²) in [6, 6.07) is 3.58. The maximum Gasteiger partial charge on any atom is 0.416 e. The molecule has 0 unspecified atom stereocenters. The minimum Gasteiger partial charge on any atom is -0.463 e. The lowest BCUT2D eigenvalue weighted by Gasteiger charge is -2.27. The zero-order valence-corrected chi connectivity index (χ0v) is 13.7. The Balaban J connectivity index is 2.22. The molecule has 9 heteroatoms. The Kier molecular flexibility index (Phi) is 5.55. The predicted molar refractivity (Wildman–Crippen MR) is 84.7 cm³/mol. The summed E-state index contributed by atoms with van der Waals surface area (Å²) in [6.07, 6.45) is -4.45. The van der Waals surface area contributed by atoms with Crippen molar-refractivity contribution in [1.29, 1.82) is 0 Å². The number of alkyl halides is 3. The van der Waals surface area contributed by atoms with Crippen LogP contribution in [0, 0.1) is 0 Å². The van der Waals surface area contributed by atoms with E-state index in [1.54, 1.807) is 13.8 Å². The highest BCUT2D eigenvalue weighted by Crippen LogP contribution is 2.30. The molecule has 136 valence electrons. The van der Waals surface area contributed by atoms with Gasteiger partial charge in [0.1, 0.15) is 0 Å². The van der Waals surface area contributed by atoms with E-state index in [0.717, 1.165) is 12.1 Å². The van der Waals surface area contributed by atoms with Gasteiger partial charge in [-0.3, -0.25) is 0 Å². The highest BCUT2D eigenvalue weighted by molar-refractivity contribution is 5.94. The average Bonchev–Trinajstić information content (AvgIpc) is 2.52. The van der Waals surface area contributed by atoms with E-state index in [9.17, 15) is 22.8 Å². The number of urea groups is 1. The second-order valence-corrected chi connectivity index (χ2v) is 5.36. The van der Waals surface area contributed by atoms with Crippen molar-refractivity contribution in [2.45, 2.75) is 26.1 Å². The molecule has 3 N–H and O–H groups in total. The summed E-state index contributed by atoms with van der Waals surface area (Å²) in [6.45, 7) is 3.40. The summed E-state index contributed by atoms with van der Waals surface area (Å²) in [5.41, 5.74) is -0.0983. The maximum absolute atomic E-state index is 12.8. The fraction of sp³-hybridized carbons (Fsp3) is 0.375. The third-order valence-corrected chi connectivity index (χ3v) is 3.52. The van der Waals surface area contributed by atoms with Gasteiger partial charge in [-0.1, -0.05) is 6.07 Å². The molecular weight excluding hydrogens is 339 g/mol. The molecule has 0 radical (unpaired) electrons. The van der Waals surface area contributed by atoms with Gasteiger partial charge >= 0.3 is 18.2 Å². The zero-order chi connectivity index (χ0) is 18.6. The first-order chi connectivity index (χ1) is 11.7. The van der Waals surface area contributed by atoms with E-state index in [2.05, 4.69) is 16.0 Å². The molecule has 2 rings (SSSR count). The standard InChI is InChI=1S/C16H18F3N3O3/c1-3-25-14(23)13-9(2)21-15(24)22-12(13)8-20-11-6-4-5-10(7-11)16(17,18)19/h4-7,9,20H,3,8H2,1-2H3,(H2,21,22,24)/t9-/m1/s1. The van der Waals surface area contributed by atoms with Crippen LogP contribution >= 0.6 is 0 Å². The number of rotatable bonds is 5. The van der Waals surface area contributed by atoms with Crippen molar-refractivity contribution in [3.05, 3.63) is 41.1 Å². The fourth-order valence-corrected chi connectivity index (χ4v) is 2.41. The monoisotopic (exact) mass is 357 g/mol. The number of benzene rings is 1. The number of hydrogen-bond donors (Lipinski definition) is 3. The van der Waals surface area contributed by atoms with Crippen molar-refractivity contribution in [1.82, 2.24) is 10.6 Å². The molecule has 0 aromatic heterocycles. The number of ether oxygens (including phenoxy) is 1. The molecule has 0 saturated heterocycles. The zero-order valence-electron chi connectivity index (χ0n) is 13.7. The van der Waals surface area contributed by atoms with Crippen molar-refractivity contribution in [2.24, 2.45) is 0 Å². The Morgan fingerprint density at radius 1 is 1.36 bits per heavy atom. The SMILES string of the molecule is CCOC(=O)C1=C(CNc2cccc(C(F)(F)F)c2)NC(=O)N[C@@H]1C. The number of carbonyl (C=O) groups excluding carboxylic acids is 2. The Hall–Kier alpha value is -2.71. The molecule has 1 aliphatic heterocycles. The van der Waals surface area contributed by atoms with E-state index in [4.69, 9.17) is 4.74 Å². The van der Waals surface area contributed by atoms with Crippen LogP contribution in [0.1, 0.15) is 19.4 Å². The van der Waals surface area contributed by atoms with E-state index in [1.165, 1.54) is 12.1 Å². The molecule has 2 amide bonds. The van der Waals surface area contributed by atoms with Crippen LogP contribution in [-0.4, -0.2) is 31.2 Å². The van der Waals surface area contributed by atoms with Gasteiger partial charge in [0.25, 0.3) is 0 Å². The van der Waals surface area contributed by atoms with Gasteiger partial charge < -0.3 is 20.7 Å². The molecule has 1 heterocycles. The van der Waals surface area contributed by atoms with Crippen molar-refractivity contribution >= 4 is 17.7 Å². The Morgan fingerprint density at radius 3 is 2.72 bits per heavy atom. The number of nitrogens with one attached hydrogen (secondary N) is 3. The van der Waals surface area contributed by atoms with E-state index in [-0.39, 0.29) is 30.1 Å². The van der Waals surface area contributed by atoms with E-state index in [0.29, 0.717) is 0 Å². The lowest BCUT2D eigenvalue weighted by molar-refractivity contribution is -0.139. The van der Waals surface area contributed by atoms with Crippen molar-refractivity contribution < 1.29 is 27.5 Å². The number of halogens is 3. The van der Waals surface area contributed by atoms with Crippen LogP contribution in [0.2, 0.25) is 0 Å². The molecule has 1 aliphatic rings. The molecule has 0 spiro atoms. The van der Waals surface area contributed by atoms with Crippen LogP contribution in [0.5, 0.6) is 0 Å². The summed E-state index contributed by atoms with van der Waals surface area (Å²) in [4.78, 5) is 23.7.